The summed E-state index contributed by atoms with van der Waals surface area (Å²) in [4.78, 5) is 4.55. The Bertz CT molecular complexity index is 340. The normalized spacial score (nSPS) is 24.1. The number of aromatic nitrogens is 2. The largest absolute Gasteiger partial charge is 0.356 e. The van der Waals surface area contributed by atoms with Crippen molar-refractivity contribution in [2.24, 2.45) is 0 Å². The van der Waals surface area contributed by atoms with E-state index in [2.05, 4.69) is 40.3 Å². The lowest BCUT2D eigenvalue weighted by molar-refractivity contribution is 0.764. The fourth-order valence-corrected chi connectivity index (χ4v) is 4.17. The standard InChI is InChI=1S/C12H21N3S2/c1-3-6-11-14-12(17-15-11)13-9-7-5-8-10(9)16-4-2/h9-10H,3-8H2,1-2H3,(H,13,14,15). The van der Waals surface area contributed by atoms with Gasteiger partial charge in [-0.1, -0.05) is 20.3 Å². The summed E-state index contributed by atoms with van der Waals surface area (Å²) in [5, 5.41) is 5.36. The topological polar surface area (TPSA) is 37.8 Å². The van der Waals surface area contributed by atoms with Crippen molar-refractivity contribution >= 4 is 28.4 Å². The van der Waals surface area contributed by atoms with Crippen LogP contribution in [0.25, 0.3) is 0 Å². The third-order valence-electron chi connectivity index (χ3n) is 3.08. The molecule has 0 amide bonds. The molecule has 1 fully saturated rings. The Morgan fingerprint density at radius 3 is 3.06 bits per heavy atom. The number of rotatable bonds is 6. The Hall–Kier alpha value is -0.290. The Morgan fingerprint density at radius 1 is 1.41 bits per heavy atom. The van der Waals surface area contributed by atoms with E-state index in [0.29, 0.717) is 6.04 Å². The van der Waals surface area contributed by atoms with E-state index in [1.807, 2.05) is 0 Å². The van der Waals surface area contributed by atoms with E-state index in [1.54, 1.807) is 0 Å². The number of aryl methyl sites for hydroxylation is 1. The zero-order chi connectivity index (χ0) is 12.1. The molecule has 1 aromatic heterocycles. The van der Waals surface area contributed by atoms with Crippen molar-refractivity contribution in [1.29, 1.82) is 0 Å². The molecule has 17 heavy (non-hydrogen) atoms. The van der Waals surface area contributed by atoms with E-state index < -0.39 is 0 Å². The average Bonchev–Trinajstić information content (AvgIpc) is 2.91. The maximum Gasteiger partial charge on any atom is 0.202 e. The van der Waals surface area contributed by atoms with Crippen LogP contribution in [-0.2, 0) is 6.42 Å². The van der Waals surface area contributed by atoms with Crippen molar-refractivity contribution in [3.8, 4) is 0 Å². The minimum absolute atomic E-state index is 0.599. The summed E-state index contributed by atoms with van der Waals surface area (Å²) in [5.41, 5.74) is 0. The van der Waals surface area contributed by atoms with E-state index in [-0.39, 0.29) is 0 Å². The fraction of sp³-hybridized carbons (Fsp3) is 0.833. The lowest BCUT2D eigenvalue weighted by atomic mass is 10.2. The molecule has 1 aromatic rings. The molecule has 1 heterocycles. The van der Waals surface area contributed by atoms with Crippen LogP contribution in [0.2, 0.25) is 0 Å². The van der Waals surface area contributed by atoms with E-state index in [4.69, 9.17) is 0 Å². The Balaban J connectivity index is 1.90. The average molecular weight is 271 g/mol. The van der Waals surface area contributed by atoms with Gasteiger partial charge in [0.25, 0.3) is 0 Å². The number of hydrogen-bond acceptors (Lipinski definition) is 5. The molecule has 0 aliphatic heterocycles. The highest BCUT2D eigenvalue weighted by atomic mass is 32.2. The van der Waals surface area contributed by atoms with E-state index >= 15 is 0 Å². The van der Waals surface area contributed by atoms with Gasteiger partial charge in [-0.25, -0.2) is 4.98 Å². The molecular weight excluding hydrogens is 250 g/mol. The first-order valence-corrected chi connectivity index (χ1v) is 8.36. The predicted octanol–water partition coefficient (Wildman–Crippen LogP) is 3.58. The summed E-state index contributed by atoms with van der Waals surface area (Å²) in [6.07, 6.45) is 6.08. The lowest BCUT2D eigenvalue weighted by Crippen LogP contribution is -2.26. The van der Waals surface area contributed by atoms with Crippen molar-refractivity contribution in [2.75, 3.05) is 11.1 Å². The molecule has 0 radical (unpaired) electrons. The zero-order valence-corrected chi connectivity index (χ0v) is 12.2. The van der Waals surface area contributed by atoms with Crippen molar-refractivity contribution in [3.63, 3.8) is 0 Å². The van der Waals surface area contributed by atoms with Crippen LogP contribution >= 0.6 is 23.3 Å². The molecule has 1 saturated carbocycles. The highest BCUT2D eigenvalue weighted by Gasteiger charge is 2.27. The van der Waals surface area contributed by atoms with Crippen LogP contribution in [0.15, 0.2) is 0 Å². The summed E-state index contributed by atoms with van der Waals surface area (Å²) in [6.45, 7) is 4.41. The molecule has 3 nitrogen and oxygen atoms in total. The van der Waals surface area contributed by atoms with Crippen LogP contribution in [0.3, 0.4) is 0 Å². The van der Waals surface area contributed by atoms with Crippen LogP contribution in [0.4, 0.5) is 5.13 Å². The Morgan fingerprint density at radius 2 is 2.29 bits per heavy atom. The van der Waals surface area contributed by atoms with Gasteiger partial charge in [-0.2, -0.15) is 16.1 Å². The van der Waals surface area contributed by atoms with Crippen LogP contribution in [0.1, 0.15) is 45.4 Å². The molecule has 0 saturated heterocycles. The highest BCUT2D eigenvalue weighted by Crippen LogP contribution is 2.32. The first kappa shape index (κ1) is 13.1. The van der Waals surface area contributed by atoms with Crippen molar-refractivity contribution < 1.29 is 0 Å². The minimum atomic E-state index is 0.599. The maximum atomic E-state index is 4.55. The summed E-state index contributed by atoms with van der Waals surface area (Å²) in [5.74, 6) is 2.21. The van der Waals surface area contributed by atoms with Gasteiger partial charge in [0.1, 0.15) is 5.82 Å². The van der Waals surface area contributed by atoms with E-state index in [1.165, 1.54) is 36.5 Å². The van der Waals surface area contributed by atoms with E-state index in [9.17, 15) is 0 Å². The molecule has 0 bridgehead atoms. The van der Waals surface area contributed by atoms with Crippen LogP contribution in [0, 0.1) is 0 Å². The summed E-state index contributed by atoms with van der Waals surface area (Å²) < 4.78 is 4.38. The number of nitrogens with one attached hydrogen (secondary N) is 1. The molecule has 0 aromatic carbocycles. The number of thioether (sulfide) groups is 1. The number of nitrogens with zero attached hydrogens (tertiary/aromatic N) is 2. The quantitative estimate of drug-likeness (QED) is 0.858. The smallest absolute Gasteiger partial charge is 0.202 e. The highest BCUT2D eigenvalue weighted by molar-refractivity contribution is 7.99. The number of anilines is 1. The summed E-state index contributed by atoms with van der Waals surface area (Å²) >= 11 is 3.59. The molecule has 1 N–H and O–H groups in total. The third-order valence-corrected chi connectivity index (χ3v) is 5.09. The van der Waals surface area contributed by atoms with Gasteiger partial charge in [0.15, 0.2) is 0 Å². The van der Waals surface area contributed by atoms with Crippen molar-refractivity contribution in [3.05, 3.63) is 5.82 Å². The first-order valence-electron chi connectivity index (χ1n) is 6.54. The van der Waals surface area contributed by atoms with Gasteiger partial charge in [-0.15, -0.1) is 0 Å². The molecule has 96 valence electrons. The predicted molar refractivity (Wildman–Crippen MR) is 77.1 cm³/mol. The second-order valence-electron chi connectivity index (χ2n) is 4.44. The monoisotopic (exact) mass is 271 g/mol. The van der Waals surface area contributed by atoms with Gasteiger partial charge in [0.2, 0.25) is 5.13 Å². The molecule has 2 unspecified atom stereocenters. The third kappa shape index (κ3) is 3.58. The van der Waals surface area contributed by atoms with Crippen LogP contribution in [-0.4, -0.2) is 26.4 Å². The summed E-state index contributed by atoms with van der Waals surface area (Å²) in [6, 6.07) is 0.599. The van der Waals surface area contributed by atoms with Gasteiger partial charge in [0, 0.05) is 29.2 Å². The molecule has 0 spiro atoms. The zero-order valence-electron chi connectivity index (χ0n) is 10.6. The molecule has 1 aliphatic rings. The van der Waals surface area contributed by atoms with Gasteiger partial charge in [0.05, 0.1) is 0 Å². The summed E-state index contributed by atoms with van der Waals surface area (Å²) in [7, 11) is 0. The minimum Gasteiger partial charge on any atom is -0.356 e. The Kier molecular flexibility index (Phi) is 5.10. The SMILES string of the molecule is CCCc1nsc(NC2CCCC2SCC)n1. The van der Waals surface area contributed by atoms with Gasteiger partial charge in [-0.05, 0) is 25.0 Å². The van der Waals surface area contributed by atoms with E-state index in [0.717, 1.165) is 29.0 Å². The molecule has 2 rings (SSSR count). The Labute approximate surface area is 112 Å². The van der Waals surface area contributed by atoms with Gasteiger partial charge in [-0.3, -0.25) is 0 Å². The van der Waals surface area contributed by atoms with Crippen molar-refractivity contribution in [1.82, 2.24) is 9.36 Å². The van der Waals surface area contributed by atoms with Crippen molar-refractivity contribution in [2.45, 2.75) is 57.2 Å². The van der Waals surface area contributed by atoms with Gasteiger partial charge < -0.3 is 5.32 Å². The molecule has 2 atom stereocenters. The fourth-order valence-electron chi connectivity index (χ4n) is 2.30. The molecular formula is C12H21N3S2. The van der Waals surface area contributed by atoms with Crippen LogP contribution < -0.4 is 5.32 Å². The molecule has 1 aliphatic carbocycles. The second kappa shape index (κ2) is 6.59. The first-order chi connectivity index (χ1) is 8.33. The number of hydrogen-bond donors (Lipinski definition) is 1. The van der Waals surface area contributed by atoms with Crippen LogP contribution in [0.5, 0.6) is 0 Å². The lowest BCUT2D eigenvalue weighted by Gasteiger charge is -2.19. The second-order valence-corrected chi connectivity index (χ2v) is 6.71. The van der Waals surface area contributed by atoms with Gasteiger partial charge >= 0.3 is 0 Å². The maximum absolute atomic E-state index is 4.55. The molecule has 5 heteroatoms.